The van der Waals surface area contributed by atoms with Crippen molar-refractivity contribution in [3.8, 4) is 11.5 Å². The largest absolute Gasteiger partial charge is 0.504 e. The second-order valence-electron chi connectivity index (χ2n) is 6.45. The van der Waals surface area contributed by atoms with Crippen LogP contribution in [0, 0.1) is 10.8 Å². The number of phenols is 1. The molecule has 0 bridgehead atoms. The first-order valence-electron chi connectivity index (χ1n) is 6.99. The molecule has 1 saturated carbocycles. The van der Waals surface area contributed by atoms with E-state index in [9.17, 15) is 5.11 Å². The zero-order valence-electron chi connectivity index (χ0n) is 12.6. The fourth-order valence-electron chi connectivity index (χ4n) is 2.90. The fourth-order valence-corrected chi connectivity index (χ4v) is 2.90. The molecule has 2 N–H and O–H groups in total. The van der Waals surface area contributed by atoms with Crippen LogP contribution in [-0.4, -0.2) is 17.8 Å². The molecule has 0 atom stereocenters. The van der Waals surface area contributed by atoms with Gasteiger partial charge in [-0.3, -0.25) is 0 Å². The first-order chi connectivity index (χ1) is 8.82. The lowest BCUT2D eigenvalue weighted by Crippen LogP contribution is -2.21. The van der Waals surface area contributed by atoms with Crippen molar-refractivity contribution in [1.82, 2.24) is 5.32 Å². The third-order valence-electron chi connectivity index (χ3n) is 4.90. The number of nitrogens with one attached hydrogen (secondary N) is 1. The van der Waals surface area contributed by atoms with E-state index in [2.05, 4.69) is 33.0 Å². The molecule has 1 aliphatic rings. The average Bonchev–Trinajstić information content (AvgIpc) is 2.72. The van der Waals surface area contributed by atoms with Gasteiger partial charge in [0.1, 0.15) is 0 Å². The molecule has 2 rings (SSSR count). The maximum atomic E-state index is 10.1. The van der Waals surface area contributed by atoms with Gasteiger partial charge in [-0.2, -0.15) is 0 Å². The van der Waals surface area contributed by atoms with Gasteiger partial charge in [-0.05, 0) is 23.8 Å². The van der Waals surface area contributed by atoms with E-state index in [0.29, 0.717) is 35.8 Å². The van der Waals surface area contributed by atoms with Crippen molar-refractivity contribution in [2.24, 2.45) is 10.8 Å². The van der Waals surface area contributed by atoms with Crippen LogP contribution in [0.3, 0.4) is 0 Å². The summed E-state index contributed by atoms with van der Waals surface area (Å²) in [7, 11) is 0. The van der Waals surface area contributed by atoms with Crippen molar-refractivity contribution in [3.63, 3.8) is 0 Å². The van der Waals surface area contributed by atoms with Gasteiger partial charge in [-0.25, -0.2) is 0 Å². The van der Waals surface area contributed by atoms with Crippen LogP contribution in [0.25, 0.3) is 0 Å². The van der Waals surface area contributed by atoms with Crippen molar-refractivity contribution in [1.29, 1.82) is 0 Å². The van der Waals surface area contributed by atoms with Crippen LogP contribution < -0.4 is 10.1 Å². The van der Waals surface area contributed by atoms with E-state index < -0.39 is 0 Å². The summed E-state index contributed by atoms with van der Waals surface area (Å²) in [5.74, 6) is 0.823. The van der Waals surface area contributed by atoms with Gasteiger partial charge in [-0.1, -0.05) is 39.8 Å². The Labute approximate surface area is 116 Å². The summed E-state index contributed by atoms with van der Waals surface area (Å²) in [6, 6.07) is 6.14. The van der Waals surface area contributed by atoms with Crippen LogP contribution in [0.1, 0.15) is 40.2 Å². The molecular weight excluding hydrogens is 238 g/mol. The second kappa shape index (κ2) is 4.71. The van der Waals surface area contributed by atoms with Crippen molar-refractivity contribution >= 4 is 0 Å². The maximum Gasteiger partial charge on any atom is 0.162 e. The highest BCUT2D eigenvalue weighted by Crippen LogP contribution is 2.62. The third-order valence-corrected chi connectivity index (χ3v) is 4.90. The molecular formula is C16H25NO2. The summed E-state index contributed by atoms with van der Waals surface area (Å²) in [4.78, 5) is 0. The third kappa shape index (κ3) is 2.32. The Morgan fingerprint density at radius 2 is 1.84 bits per heavy atom. The summed E-state index contributed by atoms with van der Waals surface area (Å²) in [5, 5.41) is 13.7. The predicted molar refractivity (Wildman–Crippen MR) is 77.5 cm³/mol. The standard InChI is InChI=1S/C16H25NO2/c1-6-19-12-9-7-8-11(13(12)18)10-17-14-15(2,3)16(14,4)5/h7-9,14,17-18H,6,10H2,1-5H3. The lowest BCUT2D eigenvalue weighted by atomic mass is 10.0. The molecule has 1 aliphatic carbocycles. The molecule has 0 saturated heterocycles. The van der Waals surface area contributed by atoms with Crippen LogP contribution in [0.5, 0.6) is 11.5 Å². The lowest BCUT2D eigenvalue weighted by molar-refractivity contribution is 0.316. The van der Waals surface area contributed by atoms with Crippen LogP contribution in [0.15, 0.2) is 18.2 Å². The Kier molecular flexibility index (Phi) is 3.52. The molecule has 0 spiro atoms. The number of rotatable bonds is 5. The fraction of sp³-hybridized carbons (Fsp3) is 0.625. The zero-order chi connectivity index (χ0) is 14.3. The van der Waals surface area contributed by atoms with Crippen molar-refractivity contribution in [2.75, 3.05) is 6.61 Å². The Balaban J connectivity index is 2.03. The highest BCUT2D eigenvalue weighted by Gasteiger charge is 2.64. The molecule has 3 heteroatoms. The molecule has 1 aromatic carbocycles. The van der Waals surface area contributed by atoms with E-state index in [4.69, 9.17) is 4.74 Å². The van der Waals surface area contributed by atoms with Gasteiger partial charge in [0.15, 0.2) is 11.5 Å². The van der Waals surface area contributed by atoms with Gasteiger partial charge in [0.2, 0.25) is 0 Å². The van der Waals surface area contributed by atoms with E-state index >= 15 is 0 Å². The Morgan fingerprint density at radius 1 is 1.21 bits per heavy atom. The van der Waals surface area contributed by atoms with Crippen molar-refractivity contribution in [2.45, 2.75) is 47.2 Å². The van der Waals surface area contributed by atoms with Gasteiger partial charge < -0.3 is 15.2 Å². The Hall–Kier alpha value is -1.22. The topological polar surface area (TPSA) is 41.5 Å². The maximum absolute atomic E-state index is 10.1. The summed E-state index contributed by atoms with van der Waals surface area (Å²) in [5.41, 5.74) is 1.50. The number of aromatic hydroxyl groups is 1. The Morgan fingerprint density at radius 3 is 2.37 bits per heavy atom. The molecule has 3 nitrogen and oxygen atoms in total. The molecule has 1 aromatic rings. The molecule has 1 fully saturated rings. The second-order valence-corrected chi connectivity index (χ2v) is 6.45. The summed E-state index contributed by atoms with van der Waals surface area (Å²) < 4.78 is 5.40. The number of para-hydroxylation sites is 1. The number of benzene rings is 1. The molecule has 0 radical (unpaired) electrons. The van der Waals surface area contributed by atoms with E-state index in [1.807, 2.05) is 19.1 Å². The van der Waals surface area contributed by atoms with E-state index in [1.165, 1.54) is 0 Å². The summed E-state index contributed by atoms with van der Waals surface area (Å²) in [6.07, 6.45) is 0. The first kappa shape index (κ1) is 14.2. The average molecular weight is 263 g/mol. The van der Waals surface area contributed by atoms with Crippen LogP contribution in [0.2, 0.25) is 0 Å². The van der Waals surface area contributed by atoms with Crippen molar-refractivity contribution in [3.05, 3.63) is 23.8 Å². The minimum Gasteiger partial charge on any atom is -0.504 e. The normalized spacial score (nSPS) is 20.3. The SMILES string of the molecule is CCOc1cccc(CNC2C(C)(C)C2(C)C)c1O. The van der Waals surface area contributed by atoms with Gasteiger partial charge in [0.25, 0.3) is 0 Å². The minimum atomic E-state index is 0.258. The monoisotopic (exact) mass is 263 g/mol. The van der Waals surface area contributed by atoms with Crippen LogP contribution >= 0.6 is 0 Å². The van der Waals surface area contributed by atoms with E-state index in [-0.39, 0.29) is 5.75 Å². The number of hydrogen-bond acceptors (Lipinski definition) is 3. The van der Waals surface area contributed by atoms with Crippen LogP contribution in [-0.2, 0) is 6.54 Å². The van der Waals surface area contributed by atoms with Crippen LogP contribution in [0.4, 0.5) is 0 Å². The number of hydrogen-bond donors (Lipinski definition) is 2. The summed E-state index contributed by atoms with van der Waals surface area (Å²) in [6.45, 7) is 12.3. The molecule has 106 valence electrons. The Bertz CT molecular complexity index is 452. The number of phenolic OH excluding ortho intramolecular Hbond substituents is 1. The van der Waals surface area contributed by atoms with Gasteiger partial charge in [0, 0.05) is 18.2 Å². The minimum absolute atomic E-state index is 0.258. The lowest BCUT2D eigenvalue weighted by Gasteiger charge is -2.11. The summed E-state index contributed by atoms with van der Waals surface area (Å²) >= 11 is 0. The molecule has 0 aliphatic heterocycles. The molecule has 0 aromatic heterocycles. The van der Waals surface area contributed by atoms with Gasteiger partial charge in [-0.15, -0.1) is 0 Å². The quantitative estimate of drug-likeness (QED) is 0.856. The van der Waals surface area contributed by atoms with E-state index in [0.717, 1.165) is 5.56 Å². The number of ether oxygens (including phenoxy) is 1. The van der Waals surface area contributed by atoms with E-state index in [1.54, 1.807) is 6.07 Å². The van der Waals surface area contributed by atoms with Gasteiger partial charge in [0.05, 0.1) is 6.61 Å². The predicted octanol–water partition coefficient (Wildman–Crippen LogP) is 3.32. The molecule has 19 heavy (non-hydrogen) atoms. The highest BCUT2D eigenvalue weighted by atomic mass is 16.5. The molecule has 0 amide bonds. The molecule has 0 heterocycles. The highest BCUT2D eigenvalue weighted by molar-refractivity contribution is 5.45. The zero-order valence-corrected chi connectivity index (χ0v) is 12.6. The molecule has 0 unspecified atom stereocenters. The smallest absolute Gasteiger partial charge is 0.162 e. The van der Waals surface area contributed by atoms with Gasteiger partial charge >= 0.3 is 0 Å². The van der Waals surface area contributed by atoms with Crippen molar-refractivity contribution < 1.29 is 9.84 Å². The first-order valence-corrected chi connectivity index (χ1v) is 6.99.